The molecule has 1 aliphatic carbocycles. The van der Waals surface area contributed by atoms with Crippen LogP contribution in [0.1, 0.15) is 56.9 Å². The van der Waals surface area contributed by atoms with Gasteiger partial charge < -0.3 is 14.0 Å². The highest BCUT2D eigenvalue weighted by molar-refractivity contribution is 14.1. The van der Waals surface area contributed by atoms with E-state index in [1.165, 1.54) is 63.5 Å². The van der Waals surface area contributed by atoms with Crippen LogP contribution >= 0.6 is 22.6 Å². The number of piperidine rings is 1. The summed E-state index contributed by atoms with van der Waals surface area (Å²) in [5, 5.41) is 0. The lowest BCUT2D eigenvalue weighted by molar-refractivity contribution is -0.922. The Morgan fingerprint density at radius 3 is 2.50 bits per heavy atom. The van der Waals surface area contributed by atoms with Crippen LogP contribution in [0.2, 0.25) is 0 Å². The van der Waals surface area contributed by atoms with Crippen LogP contribution in [0.4, 0.5) is 0 Å². The lowest BCUT2D eigenvalue weighted by atomic mass is 9.80. The number of hydrogen-bond acceptors (Lipinski definition) is 2. The Morgan fingerprint density at radius 2 is 1.77 bits per heavy atom. The third kappa shape index (κ3) is 3.71. The molecule has 2 saturated heterocycles. The van der Waals surface area contributed by atoms with Gasteiger partial charge in [0.1, 0.15) is 16.7 Å². The topological polar surface area (TPSA) is 18.5 Å². The van der Waals surface area contributed by atoms with Crippen molar-refractivity contribution in [3.63, 3.8) is 0 Å². The Bertz CT molecular complexity index is 591. The number of hydrogen-bond donors (Lipinski definition) is 0. The van der Waals surface area contributed by atoms with E-state index >= 15 is 0 Å². The second-order valence-electron chi connectivity index (χ2n) is 8.74. The Hall–Kier alpha value is -0.170. The number of alkyl halides is 1. The summed E-state index contributed by atoms with van der Waals surface area (Å²) in [5.74, 6) is -0.0204. The average molecular weight is 470 g/mol. The summed E-state index contributed by atoms with van der Waals surface area (Å²) in [4.78, 5) is 0. The number of halogens is 1. The number of quaternary nitrogens is 1. The summed E-state index contributed by atoms with van der Waals surface area (Å²) >= 11 is 2.66. The third-order valence-electron chi connectivity index (χ3n) is 6.80. The number of rotatable bonds is 4. The van der Waals surface area contributed by atoms with Gasteiger partial charge in [0, 0.05) is 17.9 Å². The van der Waals surface area contributed by atoms with Gasteiger partial charge in [-0.25, -0.2) is 0 Å². The van der Waals surface area contributed by atoms with Gasteiger partial charge in [-0.3, -0.25) is 0 Å². The first-order valence-corrected chi connectivity index (χ1v) is 11.7. The molecular weight excluding hydrogens is 437 g/mol. The SMILES string of the molecule is C[N+]1(CC2COC(c3ccccc3)(C3CCCCC3)O2)CCCCC1I. The number of benzene rings is 1. The molecule has 4 heteroatoms. The van der Waals surface area contributed by atoms with E-state index in [9.17, 15) is 0 Å². The minimum absolute atomic E-state index is 0.206. The van der Waals surface area contributed by atoms with Crippen molar-refractivity contribution in [3.05, 3.63) is 35.9 Å². The highest BCUT2D eigenvalue weighted by Crippen LogP contribution is 2.47. The van der Waals surface area contributed by atoms with Gasteiger partial charge in [-0.05, 0) is 48.3 Å². The maximum Gasteiger partial charge on any atom is 0.198 e. The fourth-order valence-electron chi connectivity index (χ4n) is 5.29. The number of likely N-dealkylation sites (N-methyl/N-ethyl adjacent to an activating group) is 1. The van der Waals surface area contributed by atoms with E-state index < -0.39 is 5.79 Å². The normalized spacial score (nSPS) is 39.2. The molecule has 4 unspecified atom stereocenters. The van der Waals surface area contributed by atoms with Crippen molar-refractivity contribution in [2.24, 2.45) is 5.92 Å². The van der Waals surface area contributed by atoms with Crippen molar-refractivity contribution in [1.82, 2.24) is 0 Å². The predicted molar refractivity (Wildman–Crippen MR) is 113 cm³/mol. The Balaban J connectivity index is 1.55. The Kier molecular flexibility index (Phi) is 5.94. The Morgan fingerprint density at radius 1 is 1.04 bits per heavy atom. The largest absolute Gasteiger partial charge is 0.343 e. The lowest BCUT2D eigenvalue weighted by Crippen LogP contribution is -2.56. The summed E-state index contributed by atoms with van der Waals surface area (Å²) in [6.07, 6.45) is 10.7. The predicted octanol–water partition coefficient (Wildman–Crippen LogP) is 5.23. The fraction of sp³-hybridized carbons (Fsp3) is 0.727. The molecule has 1 saturated carbocycles. The van der Waals surface area contributed by atoms with Gasteiger partial charge in [-0.1, -0.05) is 49.6 Å². The third-order valence-corrected chi connectivity index (χ3v) is 8.77. The van der Waals surface area contributed by atoms with Crippen molar-refractivity contribution in [2.45, 2.75) is 67.3 Å². The van der Waals surface area contributed by atoms with E-state index in [1.54, 1.807) is 0 Å². The molecule has 4 atom stereocenters. The zero-order valence-electron chi connectivity index (χ0n) is 16.0. The van der Waals surface area contributed by atoms with Gasteiger partial charge in [0.05, 0.1) is 20.2 Å². The molecule has 0 spiro atoms. The monoisotopic (exact) mass is 470 g/mol. The summed E-state index contributed by atoms with van der Waals surface area (Å²) in [6.45, 7) is 3.09. The maximum atomic E-state index is 6.85. The zero-order valence-corrected chi connectivity index (χ0v) is 18.2. The molecule has 3 fully saturated rings. The molecular formula is C22H33INO2+. The van der Waals surface area contributed by atoms with Gasteiger partial charge in [0.2, 0.25) is 0 Å². The summed E-state index contributed by atoms with van der Waals surface area (Å²) < 4.78 is 15.2. The number of nitrogens with zero attached hydrogens (tertiary/aromatic N) is 1. The van der Waals surface area contributed by atoms with Crippen LogP contribution in [0.3, 0.4) is 0 Å². The van der Waals surface area contributed by atoms with Crippen LogP contribution in [0, 0.1) is 5.92 Å². The van der Waals surface area contributed by atoms with E-state index in [2.05, 4.69) is 60.0 Å². The number of ether oxygens (including phenoxy) is 2. The molecule has 4 rings (SSSR count). The second-order valence-corrected chi connectivity index (χ2v) is 10.2. The van der Waals surface area contributed by atoms with Crippen molar-refractivity contribution in [3.8, 4) is 0 Å². The van der Waals surface area contributed by atoms with E-state index in [-0.39, 0.29) is 6.10 Å². The minimum atomic E-state index is -0.512. The highest BCUT2D eigenvalue weighted by Gasteiger charge is 2.51. The fourth-order valence-corrected chi connectivity index (χ4v) is 6.23. The first kappa shape index (κ1) is 19.2. The molecule has 0 amide bonds. The molecule has 3 nitrogen and oxygen atoms in total. The molecule has 2 aliphatic heterocycles. The van der Waals surface area contributed by atoms with E-state index in [0.29, 0.717) is 9.97 Å². The van der Waals surface area contributed by atoms with Gasteiger partial charge in [0.25, 0.3) is 0 Å². The molecule has 0 N–H and O–H groups in total. The van der Waals surface area contributed by atoms with Crippen LogP contribution in [-0.2, 0) is 15.3 Å². The molecule has 26 heavy (non-hydrogen) atoms. The molecule has 3 aliphatic rings. The van der Waals surface area contributed by atoms with Crippen LogP contribution in [0.25, 0.3) is 0 Å². The van der Waals surface area contributed by atoms with Gasteiger partial charge in [-0.15, -0.1) is 0 Å². The maximum absolute atomic E-state index is 6.85. The highest BCUT2D eigenvalue weighted by atomic mass is 127. The molecule has 0 radical (unpaired) electrons. The smallest absolute Gasteiger partial charge is 0.198 e. The van der Waals surface area contributed by atoms with Crippen molar-refractivity contribution < 1.29 is 14.0 Å². The minimum Gasteiger partial charge on any atom is -0.343 e. The summed E-state index contributed by atoms with van der Waals surface area (Å²) in [7, 11) is 2.42. The second kappa shape index (κ2) is 8.06. The van der Waals surface area contributed by atoms with Gasteiger partial charge in [0.15, 0.2) is 5.79 Å². The van der Waals surface area contributed by atoms with E-state index in [0.717, 1.165) is 17.6 Å². The summed E-state index contributed by atoms with van der Waals surface area (Å²) in [5.41, 5.74) is 1.22. The van der Waals surface area contributed by atoms with Crippen LogP contribution in [0.5, 0.6) is 0 Å². The van der Waals surface area contributed by atoms with E-state index in [4.69, 9.17) is 9.47 Å². The number of likely N-dealkylation sites (tertiary alicyclic amines) is 1. The van der Waals surface area contributed by atoms with Gasteiger partial charge in [-0.2, -0.15) is 0 Å². The molecule has 1 aromatic rings. The first-order chi connectivity index (χ1) is 12.6. The molecule has 0 bridgehead atoms. The van der Waals surface area contributed by atoms with Crippen molar-refractivity contribution >= 4 is 22.6 Å². The quantitative estimate of drug-likeness (QED) is 0.260. The van der Waals surface area contributed by atoms with Gasteiger partial charge >= 0.3 is 0 Å². The van der Waals surface area contributed by atoms with Crippen LogP contribution in [-0.4, -0.2) is 41.4 Å². The van der Waals surface area contributed by atoms with Crippen molar-refractivity contribution in [1.29, 1.82) is 0 Å². The first-order valence-electron chi connectivity index (χ1n) is 10.5. The Labute approximate surface area is 172 Å². The van der Waals surface area contributed by atoms with E-state index in [1.807, 2.05) is 0 Å². The van der Waals surface area contributed by atoms with Crippen LogP contribution < -0.4 is 0 Å². The van der Waals surface area contributed by atoms with Crippen LogP contribution in [0.15, 0.2) is 30.3 Å². The molecule has 144 valence electrons. The molecule has 1 aromatic carbocycles. The molecule has 2 heterocycles. The average Bonchev–Trinajstić information content (AvgIpc) is 3.10. The lowest BCUT2D eigenvalue weighted by Gasteiger charge is -2.44. The summed E-state index contributed by atoms with van der Waals surface area (Å²) in [6, 6.07) is 10.7. The molecule has 0 aromatic heterocycles. The van der Waals surface area contributed by atoms with Crippen molar-refractivity contribution in [2.75, 3.05) is 26.7 Å². The standard InChI is InChI=1S/C22H33INO2/c1-24(15-9-8-14-21(24)23)16-20-17-25-22(26-20,18-10-4-2-5-11-18)19-12-6-3-7-13-19/h2,4-5,10-11,19-21H,3,6-9,12-17H2,1H3/q+1. The zero-order chi connectivity index (χ0) is 18.0.